The Labute approximate surface area is 100 Å². The second kappa shape index (κ2) is 4.10. The molecule has 0 saturated carbocycles. The van der Waals surface area contributed by atoms with E-state index in [-0.39, 0.29) is 0 Å². The minimum atomic E-state index is -4.24. The van der Waals surface area contributed by atoms with E-state index in [9.17, 15) is 13.0 Å². The fraction of sp³-hybridized carbons (Fsp3) is 0.167. The summed E-state index contributed by atoms with van der Waals surface area (Å²) in [5.41, 5.74) is 5.54. The molecule has 4 nitrogen and oxygen atoms in total. The summed E-state index contributed by atoms with van der Waals surface area (Å²) in [6.07, 6.45) is 6.21. The average Bonchev–Trinajstić information content (AvgIpc) is 2.29. The highest BCUT2D eigenvalue weighted by Gasteiger charge is 2.41. The number of hydrogen-bond acceptors (Lipinski definition) is 3. The highest BCUT2D eigenvalue weighted by Crippen LogP contribution is 2.31. The minimum Gasteiger partial charge on any atom is -0.317 e. The van der Waals surface area contributed by atoms with Gasteiger partial charge in [0.05, 0.1) is 5.54 Å². The lowest BCUT2D eigenvalue weighted by atomic mass is 9.84. The Balaban J connectivity index is 2.55. The quantitative estimate of drug-likeness (QED) is 0.774. The molecule has 3 N–H and O–H groups in total. The zero-order valence-electron chi connectivity index (χ0n) is 9.02. The molecule has 2 unspecified atom stereocenters. The van der Waals surface area contributed by atoms with Crippen LogP contribution in [0.3, 0.4) is 0 Å². The Kier molecular flexibility index (Phi) is 2.91. The lowest BCUT2D eigenvalue weighted by Crippen LogP contribution is -2.49. The highest BCUT2D eigenvalue weighted by molar-refractivity contribution is 7.86. The summed E-state index contributed by atoms with van der Waals surface area (Å²) >= 11 is 0. The van der Waals surface area contributed by atoms with Crippen molar-refractivity contribution in [2.45, 2.75) is 10.8 Å². The molecule has 1 aliphatic carbocycles. The van der Waals surface area contributed by atoms with Gasteiger partial charge in [-0.1, -0.05) is 54.6 Å². The monoisotopic (exact) mass is 251 g/mol. The molecule has 17 heavy (non-hydrogen) atoms. The lowest BCUT2D eigenvalue weighted by Gasteiger charge is -2.33. The topological polar surface area (TPSA) is 80.4 Å². The van der Waals surface area contributed by atoms with E-state index in [1.165, 1.54) is 6.08 Å². The Bertz CT molecular complexity index is 563. The molecule has 0 aromatic heterocycles. The summed E-state index contributed by atoms with van der Waals surface area (Å²) in [4.78, 5) is 0. The molecule has 2 atom stereocenters. The molecular formula is C12H13NO3S. The summed E-state index contributed by atoms with van der Waals surface area (Å²) in [5, 5.41) is -1.16. The van der Waals surface area contributed by atoms with Gasteiger partial charge in [-0.3, -0.25) is 4.55 Å². The first kappa shape index (κ1) is 12.0. The van der Waals surface area contributed by atoms with Crippen molar-refractivity contribution in [2.75, 3.05) is 0 Å². The maximum atomic E-state index is 11.4. The molecule has 0 amide bonds. The van der Waals surface area contributed by atoms with E-state index >= 15 is 0 Å². The Hall–Kier alpha value is -1.43. The van der Waals surface area contributed by atoms with Crippen molar-refractivity contribution in [1.29, 1.82) is 0 Å². The standard InChI is InChI=1S/C12H13NO3S/c13-12(10-6-2-1-3-7-10)9-5-4-8-11(12)17(14,15)16/h1-9,11H,13H2,(H,14,15,16). The van der Waals surface area contributed by atoms with Gasteiger partial charge in [-0.15, -0.1) is 0 Å². The molecule has 0 radical (unpaired) electrons. The van der Waals surface area contributed by atoms with E-state index in [0.717, 1.165) is 0 Å². The van der Waals surface area contributed by atoms with Gasteiger partial charge in [0.1, 0.15) is 5.25 Å². The lowest BCUT2D eigenvalue weighted by molar-refractivity contribution is 0.444. The fourth-order valence-corrected chi connectivity index (χ4v) is 2.96. The molecule has 0 aliphatic heterocycles. The van der Waals surface area contributed by atoms with Gasteiger partial charge in [0.25, 0.3) is 10.1 Å². The second-order valence-electron chi connectivity index (χ2n) is 3.98. The molecule has 1 aromatic carbocycles. The summed E-state index contributed by atoms with van der Waals surface area (Å²) in [6.45, 7) is 0. The van der Waals surface area contributed by atoms with Gasteiger partial charge >= 0.3 is 0 Å². The average molecular weight is 251 g/mol. The van der Waals surface area contributed by atoms with Gasteiger partial charge in [-0.25, -0.2) is 0 Å². The Morgan fingerprint density at radius 2 is 1.82 bits per heavy atom. The van der Waals surface area contributed by atoms with Gasteiger partial charge in [0, 0.05) is 0 Å². The third kappa shape index (κ3) is 2.17. The second-order valence-corrected chi connectivity index (χ2v) is 5.52. The molecule has 0 heterocycles. The predicted octanol–water partition coefficient (Wildman–Crippen LogP) is 1.22. The van der Waals surface area contributed by atoms with Crippen LogP contribution in [0.15, 0.2) is 54.6 Å². The van der Waals surface area contributed by atoms with Crippen LogP contribution in [0, 0.1) is 0 Å². The summed E-state index contributed by atoms with van der Waals surface area (Å²) in [7, 11) is -4.24. The zero-order chi connectivity index (χ0) is 12.5. The first-order valence-electron chi connectivity index (χ1n) is 5.11. The van der Waals surface area contributed by atoms with Crippen LogP contribution in [0.1, 0.15) is 5.56 Å². The summed E-state index contributed by atoms with van der Waals surface area (Å²) in [6, 6.07) is 8.84. The third-order valence-corrected chi connectivity index (χ3v) is 4.02. The number of rotatable bonds is 2. The molecule has 2 rings (SSSR count). The molecule has 1 aliphatic rings. The summed E-state index contributed by atoms with van der Waals surface area (Å²) < 4.78 is 32.0. The van der Waals surface area contributed by atoms with Crippen LogP contribution in [0.5, 0.6) is 0 Å². The molecule has 0 bridgehead atoms. The molecular weight excluding hydrogens is 238 g/mol. The largest absolute Gasteiger partial charge is 0.317 e. The SMILES string of the molecule is NC1(c2ccccc2)C=CC=CC1S(=O)(=O)O. The van der Waals surface area contributed by atoms with Crippen LogP contribution in [0.4, 0.5) is 0 Å². The van der Waals surface area contributed by atoms with Crippen molar-refractivity contribution in [3.05, 3.63) is 60.2 Å². The van der Waals surface area contributed by atoms with Crippen molar-refractivity contribution in [1.82, 2.24) is 0 Å². The van der Waals surface area contributed by atoms with Crippen LogP contribution in [0.2, 0.25) is 0 Å². The number of hydrogen-bond donors (Lipinski definition) is 2. The van der Waals surface area contributed by atoms with E-state index < -0.39 is 20.9 Å². The molecule has 0 fully saturated rings. The molecule has 90 valence electrons. The Morgan fingerprint density at radius 3 is 2.41 bits per heavy atom. The maximum absolute atomic E-state index is 11.4. The predicted molar refractivity (Wildman–Crippen MR) is 65.9 cm³/mol. The van der Waals surface area contributed by atoms with Crippen molar-refractivity contribution in [3.63, 3.8) is 0 Å². The van der Waals surface area contributed by atoms with Crippen LogP contribution in [-0.2, 0) is 15.7 Å². The zero-order valence-corrected chi connectivity index (χ0v) is 9.84. The normalized spacial score (nSPS) is 28.2. The van der Waals surface area contributed by atoms with E-state index in [2.05, 4.69) is 0 Å². The van der Waals surface area contributed by atoms with Crippen molar-refractivity contribution in [2.24, 2.45) is 5.73 Å². The van der Waals surface area contributed by atoms with Crippen LogP contribution in [0.25, 0.3) is 0 Å². The van der Waals surface area contributed by atoms with Crippen molar-refractivity contribution >= 4 is 10.1 Å². The van der Waals surface area contributed by atoms with Crippen LogP contribution in [-0.4, -0.2) is 18.2 Å². The molecule has 0 saturated heterocycles. The van der Waals surface area contributed by atoms with Gasteiger partial charge in [0.2, 0.25) is 0 Å². The van der Waals surface area contributed by atoms with Gasteiger partial charge in [-0.05, 0) is 5.56 Å². The van der Waals surface area contributed by atoms with Crippen LogP contribution >= 0.6 is 0 Å². The fourth-order valence-electron chi connectivity index (χ4n) is 1.97. The molecule has 5 heteroatoms. The summed E-state index contributed by atoms with van der Waals surface area (Å²) in [5.74, 6) is 0. The molecule has 1 aromatic rings. The number of allylic oxidation sites excluding steroid dienone is 2. The van der Waals surface area contributed by atoms with Crippen molar-refractivity contribution in [3.8, 4) is 0 Å². The maximum Gasteiger partial charge on any atom is 0.273 e. The first-order chi connectivity index (χ1) is 7.94. The number of benzene rings is 1. The minimum absolute atomic E-state index is 0.642. The number of nitrogens with two attached hydrogens (primary N) is 1. The van der Waals surface area contributed by atoms with E-state index in [0.29, 0.717) is 5.56 Å². The van der Waals surface area contributed by atoms with Crippen molar-refractivity contribution < 1.29 is 13.0 Å². The van der Waals surface area contributed by atoms with Gasteiger partial charge in [0.15, 0.2) is 0 Å². The van der Waals surface area contributed by atoms with Gasteiger partial charge < -0.3 is 5.73 Å². The third-order valence-electron chi connectivity index (χ3n) is 2.83. The van der Waals surface area contributed by atoms with Gasteiger partial charge in [-0.2, -0.15) is 8.42 Å². The Morgan fingerprint density at radius 1 is 1.18 bits per heavy atom. The van der Waals surface area contributed by atoms with E-state index in [1.54, 1.807) is 42.5 Å². The highest BCUT2D eigenvalue weighted by atomic mass is 32.2. The van der Waals surface area contributed by atoms with E-state index in [4.69, 9.17) is 5.73 Å². The first-order valence-corrected chi connectivity index (χ1v) is 6.61. The van der Waals surface area contributed by atoms with E-state index in [1.807, 2.05) is 6.07 Å². The van der Waals surface area contributed by atoms with Crippen LogP contribution < -0.4 is 5.73 Å². The molecule has 0 spiro atoms. The smallest absolute Gasteiger partial charge is 0.273 e.